The predicted molar refractivity (Wildman–Crippen MR) is 72.9 cm³/mol. The molecule has 0 unspecified atom stereocenters. The van der Waals surface area contributed by atoms with E-state index in [2.05, 4.69) is 5.43 Å². The van der Waals surface area contributed by atoms with Gasteiger partial charge in [0, 0.05) is 28.4 Å². The van der Waals surface area contributed by atoms with E-state index in [1.54, 1.807) is 11.9 Å². The van der Waals surface area contributed by atoms with Gasteiger partial charge >= 0.3 is 0 Å². The summed E-state index contributed by atoms with van der Waals surface area (Å²) in [6.07, 6.45) is -0.919. The summed E-state index contributed by atoms with van der Waals surface area (Å²) in [6.45, 7) is 1.98. The molecule has 8 nitrogen and oxygen atoms in total. The first-order chi connectivity index (χ1) is 9.48. The maximum absolute atomic E-state index is 9.36. The van der Waals surface area contributed by atoms with Crippen molar-refractivity contribution in [3.63, 3.8) is 0 Å². The Morgan fingerprint density at radius 3 is 1.50 bits per heavy atom. The van der Waals surface area contributed by atoms with E-state index < -0.39 is 18.1 Å². The van der Waals surface area contributed by atoms with Crippen LogP contribution in [0, 0.1) is 0 Å². The highest BCUT2D eigenvalue weighted by molar-refractivity contribution is 4.80. The summed E-state index contributed by atoms with van der Waals surface area (Å²) in [5, 5.41) is 20.4. The van der Waals surface area contributed by atoms with Crippen molar-refractivity contribution in [2.45, 2.75) is 25.0 Å². The van der Waals surface area contributed by atoms with E-state index in [-0.39, 0.29) is 13.2 Å². The fourth-order valence-corrected chi connectivity index (χ4v) is 1.52. The molecule has 0 atom stereocenters. The second-order valence-corrected chi connectivity index (χ2v) is 4.70. The van der Waals surface area contributed by atoms with Crippen LogP contribution in [0.1, 0.15) is 6.92 Å². The average molecular weight is 296 g/mol. The van der Waals surface area contributed by atoms with E-state index in [0.717, 1.165) is 0 Å². The summed E-state index contributed by atoms with van der Waals surface area (Å²) in [5.74, 6) is 0. The molecule has 0 radical (unpaired) electrons. The fourth-order valence-electron chi connectivity index (χ4n) is 1.52. The number of aliphatic hydroxyl groups excluding tert-OH is 2. The molecule has 0 saturated heterocycles. The standard InChI is InChI=1S/C12H28N2O6/c1-12(8-15,9-16)13-14(6-10(17-2)18-3)7-11(19-4)20-5/h10-11,13,15-16H,6-9H2,1-5H3. The van der Waals surface area contributed by atoms with Crippen molar-refractivity contribution in [1.82, 2.24) is 10.4 Å². The van der Waals surface area contributed by atoms with Gasteiger partial charge in [0.1, 0.15) is 0 Å². The molecule has 0 heterocycles. The fraction of sp³-hybridized carbons (Fsp3) is 1.00. The zero-order valence-corrected chi connectivity index (χ0v) is 13.0. The van der Waals surface area contributed by atoms with Crippen LogP contribution >= 0.6 is 0 Å². The molecule has 0 aromatic rings. The molecule has 0 aliphatic heterocycles. The van der Waals surface area contributed by atoms with Crippen LogP contribution in [0.15, 0.2) is 0 Å². The minimum absolute atomic E-state index is 0.227. The molecular weight excluding hydrogens is 268 g/mol. The van der Waals surface area contributed by atoms with Gasteiger partial charge in [0.05, 0.1) is 31.8 Å². The van der Waals surface area contributed by atoms with Gasteiger partial charge in [0.2, 0.25) is 0 Å². The first kappa shape index (κ1) is 19.7. The number of hydrazine groups is 1. The summed E-state index contributed by atoms with van der Waals surface area (Å²) in [4.78, 5) is 0. The SMILES string of the molecule is COC(CN(CC(OC)OC)NC(C)(CO)CO)OC. The lowest BCUT2D eigenvalue weighted by Crippen LogP contribution is -2.60. The van der Waals surface area contributed by atoms with Gasteiger partial charge in [0.25, 0.3) is 0 Å². The van der Waals surface area contributed by atoms with Crippen molar-refractivity contribution >= 4 is 0 Å². The molecule has 3 N–H and O–H groups in total. The number of aliphatic hydroxyl groups is 2. The number of rotatable bonds is 12. The van der Waals surface area contributed by atoms with E-state index in [9.17, 15) is 10.2 Å². The van der Waals surface area contributed by atoms with E-state index in [0.29, 0.717) is 13.1 Å². The third-order valence-electron chi connectivity index (χ3n) is 2.92. The monoisotopic (exact) mass is 296 g/mol. The molecule has 0 amide bonds. The summed E-state index contributed by atoms with van der Waals surface area (Å²) in [6, 6.07) is 0. The van der Waals surface area contributed by atoms with E-state index in [1.807, 2.05) is 0 Å². The smallest absolute Gasteiger partial charge is 0.170 e. The second-order valence-electron chi connectivity index (χ2n) is 4.70. The van der Waals surface area contributed by atoms with Crippen molar-refractivity contribution < 1.29 is 29.2 Å². The third kappa shape index (κ3) is 6.91. The van der Waals surface area contributed by atoms with Crippen LogP contribution in [0.3, 0.4) is 0 Å². The molecule has 0 bridgehead atoms. The van der Waals surface area contributed by atoms with Crippen molar-refractivity contribution in [3.8, 4) is 0 Å². The van der Waals surface area contributed by atoms with Crippen molar-refractivity contribution in [3.05, 3.63) is 0 Å². The molecule has 0 saturated carbocycles. The second kappa shape index (κ2) is 10.4. The molecule has 0 spiro atoms. The number of nitrogens with zero attached hydrogens (tertiary/aromatic N) is 1. The number of methoxy groups -OCH3 is 4. The minimum atomic E-state index is -0.863. The van der Waals surface area contributed by atoms with Crippen LogP contribution in [-0.2, 0) is 18.9 Å². The van der Waals surface area contributed by atoms with Gasteiger partial charge in [-0.15, -0.1) is 0 Å². The highest BCUT2D eigenvalue weighted by Gasteiger charge is 2.27. The molecule has 0 aromatic carbocycles. The maximum Gasteiger partial charge on any atom is 0.170 e. The van der Waals surface area contributed by atoms with Crippen molar-refractivity contribution in [2.24, 2.45) is 0 Å². The quantitative estimate of drug-likeness (QED) is 0.305. The third-order valence-corrected chi connectivity index (χ3v) is 2.92. The van der Waals surface area contributed by atoms with E-state index in [4.69, 9.17) is 18.9 Å². The first-order valence-electron chi connectivity index (χ1n) is 6.34. The van der Waals surface area contributed by atoms with Crippen LogP contribution in [0.2, 0.25) is 0 Å². The van der Waals surface area contributed by atoms with Gasteiger partial charge in [-0.3, -0.25) is 0 Å². The summed E-state index contributed by atoms with van der Waals surface area (Å²) < 4.78 is 20.6. The Morgan fingerprint density at radius 2 is 1.25 bits per heavy atom. The Balaban J connectivity index is 4.76. The summed E-state index contributed by atoms with van der Waals surface area (Å²) in [7, 11) is 6.14. The van der Waals surface area contributed by atoms with E-state index in [1.165, 1.54) is 28.4 Å². The van der Waals surface area contributed by atoms with Crippen LogP contribution in [0.4, 0.5) is 0 Å². The van der Waals surface area contributed by atoms with E-state index >= 15 is 0 Å². The average Bonchev–Trinajstić information content (AvgIpc) is 2.49. The normalized spacial score (nSPS) is 12.9. The lowest BCUT2D eigenvalue weighted by Gasteiger charge is -2.36. The highest BCUT2D eigenvalue weighted by Crippen LogP contribution is 2.06. The topological polar surface area (TPSA) is 92.7 Å². The van der Waals surface area contributed by atoms with Gasteiger partial charge in [-0.25, -0.2) is 10.4 Å². The zero-order chi connectivity index (χ0) is 15.6. The maximum atomic E-state index is 9.36. The van der Waals surface area contributed by atoms with Crippen molar-refractivity contribution in [1.29, 1.82) is 0 Å². The Bertz CT molecular complexity index is 218. The lowest BCUT2D eigenvalue weighted by molar-refractivity contribution is -0.160. The predicted octanol–water partition coefficient (Wildman–Crippen LogP) is -1.23. The van der Waals surface area contributed by atoms with Crippen LogP contribution in [-0.4, -0.2) is 88.1 Å². The van der Waals surface area contributed by atoms with Gasteiger partial charge in [-0.2, -0.15) is 0 Å². The summed E-state index contributed by atoms with van der Waals surface area (Å²) >= 11 is 0. The molecule has 0 fully saturated rings. The Hall–Kier alpha value is -0.320. The molecule has 0 rings (SSSR count). The van der Waals surface area contributed by atoms with Crippen LogP contribution in [0.5, 0.6) is 0 Å². The Labute approximate surface area is 120 Å². The number of ether oxygens (including phenoxy) is 4. The molecule has 0 aliphatic carbocycles. The number of hydrogen-bond acceptors (Lipinski definition) is 8. The van der Waals surface area contributed by atoms with Crippen molar-refractivity contribution in [2.75, 3.05) is 54.7 Å². The zero-order valence-electron chi connectivity index (χ0n) is 13.0. The Morgan fingerprint density at radius 1 is 0.900 bits per heavy atom. The van der Waals surface area contributed by atoms with Gasteiger partial charge < -0.3 is 29.2 Å². The molecule has 0 aromatic heterocycles. The molecule has 20 heavy (non-hydrogen) atoms. The van der Waals surface area contributed by atoms with Gasteiger partial charge in [-0.1, -0.05) is 0 Å². The molecule has 0 aliphatic rings. The lowest BCUT2D eigenvalue weighted by atomic mass is 10.1. The van der Waals surface area contributed by atoms with Crippen LogP contribution in [0.25, 0.3) is 0 Å². The highest BCUT2D eigenvalue weighted by atomic mass is 16.7. The van der Waals surface area contributed by atoms with Gasteiger partial charge in [0.15, 0.2) is 12.6 Å². The number of nitrogens with one attached hydrogen (secondary N) is 1. The largest absolute Gasteiger partial charge is 0.394 e. The molecular formula is C12H28N2O6. The molecule has 122 valence electrons. The first-order valence-corrected chi connectivity index (χ1v) is 6.34. The van der Waals surface area contributed by atoms with Crippen LogP contribution < -0.4 is 5.43 Å². The molecule has 8 heteroatoms. The minimum Gasteiger partial charge on any atom is -0.394 e. The Kier molecular flexibility index (Phi) is 10.2. The summed E-state index contributed by atoms with van der Waals surface area (Å²) in [5.41, 5.74) is 2.18. The van der Waals surface area contributed by atoms with Gasteiger partial charge in [-0.05, 0) is 6.92 Å². The number of hydrogen-bond donors (Lipinski definition) is 3.